The number of benzene rings is 1. The van der Waals surface area contributed by atoms with Gasteiger partial charge in [-0.1, -0.05) is 18.1 Å². The lowest BCUT2D eigenvalue weighted by molar-refractivity contribution is 0.137. The highest BCUT2D eigenvalue weighted by Gasteiger charge is 2.22. The Morgan fingerprint density at radius 2 is 2.04 bits per heavy atom. The van der Waals surface area contributed by atoms with Crippen molar-refractivity contribution < 1.29 is 13.7 Å². The summed E-state index contributed by atoms with van der Waals surface area (Å²) < 4.78 is 10.7. The Hall–Kier alpha value is -3.13. The SMILES string of the molecule is CCc1noc(-c2cccc(NC(=O)N3CCN(Cc4ccco4)CC3)c2)n1. The maximum absolute atomic E-state index is 12.6. The summed E-state index contributed by atoms with van der Waals surface area (Å²) in [4.78, 5) is 21.1. The lowest BCUT2D eigenvalue weighted by atomic mass is 10.2. The first kappa shape index (κ1) is 18.2. The van der Waals surface area contributed by atoms with Gasteiger partial charge in [0.25, 0.3) is 5.89 Å². The maximum atomic E-state index is 12.6. The van der Waals surface area contributed by atoms with E-state index in [0.717, 1.165) is 31.0 Å². The van der Waals surface area contributed by atoms with Crippen LogP contribution in [0.15, 0.2) is 51.6 Å². The van der Waals surface area contributed by atoms with Crippen LogP contribution >= 0.6 is 0 Å². The van der Waals surface area contributed by atoms with Gasteiger partial charge in [-0.25, -0.2) is 4.79 Å². The monoisotopic (exact) mass is 381 g/mol. The zero-order valence-electron chi connectivity index (χ0n) is 15.8. The van der Waals surface area contributed by atoms with Crippen LogP contribution in [0.25, 0.3) is 11.5 Å². The van der Waals surface area contributed by atoms with Crippen LogP contribution in [-0.2, 0) is 13.0 Å². The van der Waals surface area contributed by atoms with Crippen molar-refractivity contribution in [3.05, 3.63) is 54.2 Å². The molecule has 1 aliphatic heterocycles. The zero-order chi connectivity index (χ0) is 19.3. The number of rotatable bonds is 5. The molecule has 1 fully saturated rings. The first-order valence-corrected chi connectivity index (χ1v) is 9.45. The Morgan fingerprint density at radius 1 is 1.18 bits per heavy atom. The number of hydrogen-bond donors (Lipinski definition) is 1. The van der Waals surface area contributed by atoms with Crippen LogP contribution in [0.5, 0.6) is 0 Å². The molecule has 8 nitrogen and oxygen atoms in total. The summed E-state index contributed by atoms with van der Waals surface area (Å²) in [6.07, 6.45) is 2.40. The molecule has 2 amide bonds. The summed E-state index contributed by atoms with van der Waals surface area (Å²) in [7, 11) is 0. The molecular weight excluding hydrogens is 358 g/mol. The van der Waals surface area contributed by atoms with E-state index in [1.807, 2.05) is 48.2 Å². The van der Waals surface area contributed by atoms with E-state index < -0.39 is 0 Å². The second kappa shape index (κ2) is 8.26. The van der Waals surface area contributed by atoms with Crippen LogP contribution in [0.1, 0.15) is 18.5 Å². The van der Waals surface area contributed by atoms with Gasteiger partial charge in [-0.2, -0.15) is 4.98 Å². The predicted octanol–water partition coefficient (Wildman–Crippen LogP) is 3.24. The first-order valence-electron chi connectivity index (χ1n) is 9.45. The van der Waals surface area contributed by atoms with Gasteiger partial charge in [0.2, 0.25) is 0 Å². The van der Waals surface area contributed by atoms with Crippen molar-refractivity contribution >= 4 is 11.7 Å². The van der Waals surface area contributed by atoms with Crippen molar-refractivity contribution in [3.8, 4) is 11.5 Å². The highest BCUT2D eigenvalue weighted by Crippen LogP contribution is 2.21. The zero-order valence-corrected chi connectivity index (χ0v) is 15.8. The van der Waals surface area contributed by atoms with E-state index in [1.54, 1.807) is 6.26 Å². The van der Waals surface area contributed by atoms with E-state index in [2.05, 4.69) is 20.4 Å². The normalized spacial score (nSPS) is 15.0. The van der Waals surface area contributed by atoms with E-state index in [4.69, 9.17) is 8.94 Å². The van der Waals surface area contributed by atoms with Crippen molar-refractivity contribution in [1.29, 1.82) is 0 Å². The predicted molar refractivity (Wildman–Crippen MR) is 104 cm³/mol. The largest absolute Gasteiger partial charge is 0.468 e. The molecule has 2 aromatic heterocycles. The Kier molecular flexibility index (Phi) is 5.38. The molecule has 4 rings (SSSR count). The summed E-state index contributed by atoms with van der Waals surface area (Å²) in [6.45, 7) is 5.73. The van der Waals surface area contributed by atoms with Gasteiger partial charge in [0.15, 0.2) is 5.82 Å². The van der Waals surface area contributed by atoms with Gasteiger partial charge in [0.05, 0.1) is 12.8 Å². The second-order valence-electron chi connectivity index (χ2n) is 6.72. The molecule has 3 aromatic rings. The van der Waals surface area contributed by atoms with Crippen LogP contribution in [0.2, 0.25) is 0 Å². The van der Waals surface area contributed by atoms with Crippen LogP contribution in [-0.4, -0.2) is 52.2 Å². The molecule has 0 radical (unpaired) electrons. The molecule has 1 saturated heterocycles. The number of carbonyl (C=O) groups excluding carboxylic acids is 1. The molecule has 0 aliphatic carbocycles. The lowest BCUT2D eigenvalue weighted by Gasteiger charge is -2.34. The van der Waals surface area contributed by atoms with Gasteiger partial charge in [-0.05, 0) is 30.3 Å². The van der Waals surface area contributed by atoms with E-state index in [-0.39, 0.29) is 6.03 Å². The molecule has 1 aliphatic rings. The molecule has 1 aromatic carbocycles. The van der Waals surface area contributed by atoms with Gasteiger partial charge in [-0.15, -0.1) is 0 Å². The van der Waals surface area contributed by atoms with Gasteiger partial charge >= 0.3 is 6.03 Å². The van der Waals surface area contributed by atoms with Gasteiger partial charge in [-0.3, -0.25) is 4.90 Å². The Labute approximate surface area is 163 Å². The van der Waals surface area contributed by atoms with Crippen LogP contribution in [0.3, 0.4) is 0 Å². The number of piperazine rings is 1. The molecule has 0 atom stereocenters. The number of furan rings is 1. The fourth-order valence-electron chi connectivity index (χ4n) is 3.18. The Bertz CT molecular complexity index is 914. The lowest BCUT2D eigenvalue weighted by Crippen LogP contribution is -2.49. The molecule has 28 heavy (non-hydrogen) atoms. The van der Waals surface area contributed by atoms with Crippen molar-refractivity contribution in [2.24, 2.45) is 0 Å². The average Bonchev–Trinajstić information content (AvgIpc) is 3.40. The third-order valence-corrected chi connectivity index (χ3v) is 4.76. The summed E-state index contributed by atoms with van der Waals surface area (Å²) in [5.41, 5.74) is 1.49. The quantitative estimate of drug-likeness (QED) is 0.730. The number of nitrogens with one attached hydrogen (secondary N) is 1. The average molecular weight is 381 g/mol. The number of hydrogen-bond acceptors (Lipinski definition) is 6. The molecule has 146 valence electrons. The fraction of sp³-hybridized carbons (Fsp3) is 0.350. The topological polar surface area (TPSA) is 87.6 Å². The summed E-state index contributed by atoms with van der Waals surface area (Å²) in [5, 5.41) is 6.88. The molecule has 1 N–H and O–H groups in total. The summed E-state index contributed by atoms with van der Waals surface area (Å²) >= 11 is 0. The third kappa shape index (κ3) is 4.23. The number of carbonyl (C=O) groups is 1. The summed E-state index contributed by atoms with van der Waals surface area (Å²) in [6, 6.07) is 11.2. The van der Waals surface area contributed by atoms with E-state index >= 15 is 0 Å². The number of aryl methyl sites for hydroxylation is 1. The number of aromatic nitrogens is 2. The number of anilines is 1. The van der Waals surface area contributed by atoms with E-state index in [0.29, 0.717) is 36.9 Å². The molecule has 0 saturated carbocycles. The fourth-order valence-corrected chi connectivity index (χ4v) is 3.18. The van der Waals surface area contributed by atoms with Crippen LogP contribution in [0.4, 0.5) is 10.5 Å². The minimum absolute atomic E-state index is 0.102. The molecule has 8 heteroatoms. The Morgan fingerprint density at radius 3 is 2.75 bits per heavy atom. The van der Waals surface area contributed by atoms with E-state index in [9.17, 15) is 4.79 Å². The highest BCUT2D eigenvalue weighted by molar-refractivity contribution is 5.90. The molecular formula is C20H23N5O3. The van der Waals surface area contributed by atoms with Crippen molar-refractivity contribution in [3.63, 3.8) is 0 Å². The molecule has 3 heterocycles. The second-order valence-corrected chi connectivity index (χ2v) is 6.72. The number of amides is 2. The minimum atomic E-state index is -0.102. The number of nitrogens with zero attached hydrogens (tertiary/aromatic N) is 4. The number of urea groups is 1. The van der Waals surface area contributed by atoms with Crippen LogP contribution < -0.4 is 5.32 Å². The van der Waals surface area contributed by atoms with Gasteiger partial charge in [0.1, 0.15) is 5.76 Å². The highest BCUT2D eigenvalue weighted by atomic mass is 16.5. The van der Waals surface area contributed by atoms with Crippen molar-refractivity contribution in [2.45, 2.75) is 19.9 Å². The molecule has 0 unspecified atom stereocenters. The third-order valence-electron chi connectivity index (χ3n) is 4.76. The van der Waals surface area contributed by atoms with Gasteiger partial charge < -0.3 is 19.2 Å². The summed E-state index contributed by atoms with van der Waals surface area (Å²) in [5.74, 6) is 2.07. The maximum Gasteiger partial charge on any atom is 0.321 e. The minimum Gasteiger partial charge on any atom is -0.468 e. The standard InChI is InChI=1S/C20H23N5O3/c1-2-18-22-19(28-23-18)15-5-3-6-16(13-15)21-20(26)25-10-8-24(9-11-25)14-17-7-4-12-27-17/h3-7,12-13H,2,8-11,14H2,1H3,(H,21,26). The Balaban J connectivity index is 1.33. The molecule has 0 spiro atoms. The van der Waals surface area contributed by atoms with Crippen molar-refractivity contribution in [1.82, 2.24) is 19.9 Å². The van der Waals surface area contributed by atoms with Crippen LogP contribution in [0, 0.1) is 0 Å². The first-order chi connectivity index (χ1) is 13.7. The van der Waals surface area contributed by atoms with E-state index in [1.165, 1.54) is 0 Å². The smallest absolute Gasteiger partial charge is 0.321 e. The molecule has 0 bridgehead atoms. The van der Waals surface area contributed by atoms with Gasteiger partial charge in [0, 0.05) is 43.9 Å². The van der Waals surface area contributed by atoms with Crippen molar-refractivity contribution in [2.75, 3.05) is 31.5 Å².